The van der Waals surface area contributed by atoms with Crippen molar-refractivity contribution in [2.45, 2.75) is 26.3 Å². The van der Waals surface area contributed by atoms with Crippen LogP contribution in [0, 0.1) is 5.92 Å². The van der Waals surface area contributed by atoms with E-state index in [1.54, 1.807) is 24.3 Å². The summed E-state index contributed by atoms with van der Waals surface area (Å²) >= 11 is 11.6. The average molecular weight is 274 g/mol. The summed E-state index contributed by atoms with van der Waals surface area (Å²) in [6.07, 6.45) is 0.769. The second-order valence-corrected chi connectivity index (χ2v) is 5.13. The van der Waals surface area contributed by atoms with Crippen molar-refractivity contribution in [3.8, 4) is 0 Å². The van der Waals surface area contributed by atoms with Gasteiger partial charge in [-0.05, 0) is 30.5 Å². The minimum atomic E-state index is -0.101. The fourth-order valence-corrected chi connectivity index (χ4v) is 2.00. The van der Waals surface area contributed by atoms with Crippen molar-refractivity contribution in [3.63, 3.8) is 0 Å². The van der Waals surface area contributed by atoms with Gasteiger partial charge in [0, 0.05) is 22.5 Å². The van der Waals surface area contributed by atoms with Crippen LogP contribution >= 0.6 is 23.2 Å². The van der Waals surface area contributed by atoms with E-state index in [0.717, 1.165) is 6.42 Å². The number of benzene rings is 1. The van der Waals surface area contributed by atoms with Gasteiger partial charge in [0.2, 0.25) is 0 Å². The van der Waals surface area contributed by atoms with Crippen molar-refractivity contribution in [1.82, 2.24) is 5.32 Å². The maximum Gasteiger partial charge on any atom is 0.251 e. The maximum absolute atomic E-state index is 12.0. The van der Waals surface area contributed by atoms with Crippen LogP contribution in [-0.4, -0.2) is 17.8 Å². The van der Waals surface area contributed by atoms with Crippen LogP contribution in [0.4, 0.5) is 0 Å². The zero-order chi connectivity index (χ0) is 12.8. The number of hydrogen-bond acceptors (Lipinski definition) is 1. The molecule has 4 heteroatoms. The van der Waals surface area contributed by atoms with Crippen LogP contribution in [0.25, 0.3) is 0 Å². The van der Waals surface area contributed by atoms with Gasteiger partial charge in [0.15, 0.2) is 0 Å². The van der Waals surface area contributed by atoms with E-state index in [2.05, 4.69) is 19.2 Å². The first-order chi connectivity index (χ1) is 8.04. The maximum atomic E-state index is 12.0. The van der Waals surface area contributed by atoms with Gasteiger partial charge in [0.25, 0.3) is 5.91 Å². The Bertz CT molecular complexity index is 379. The molecule has 1 aromatic rings. The Hall–Kier alpha value is -0.730. The molecule has 0 heterocycles. The predicted molar refractivity (Wildman–Crippen MR) is 72.9 cm³/mol. The van der Waals surface area contributed by atoms with Crippen molar-refractivity contribution < 1.29 is 4.79 Å². The lowest BCUT2D eigenvalue weighted by Gasteiger charge is -2.21. The molecule has 1 N–H and O–H groups in total. The van der Waals surface area contributed by atoms with Gasteiger partial charge in [-0.3, -0.25) is 4.79 Å². The van der Waals surface area contributed by atoms with Crippen LogP contribution in [0.3, 0.4) is 0 Å². The number of hydrogen-bond donors (Lipinski definition) is 1. The number of alkyl halides is 1. The van der Waals surface area contributed by atoms with E-state index >= 15 is 0 Å². The van der Waals surface area contributed by atoms with Gasteiger partial charge < -0.3 is 5.32 Å². The Balaban J connectivity index is 2.70. The van der Waals surface area contributed by atoms with Gasteiger partial charge in [-0.25, -0.2) is 0 Å². The largest absolute Gasteiger partial charge is 0.349 e. The lowest BCUT2D eigenvalue weighted by molar-refractivity contribution is 0.0925. The molecular weight excluding hydrogens is 257 g/mol. The molecule has 1 atom stereocenters. The molecule has 0 spiro atoms. The van der Waals surface area contributed by atoms with Crippen molar-refractivity contribution in [2.75, 3.05) is 5.88 Å². The van der Waals surface area contributed by atoms with Gasteiger partial charge >= 0.3 is 0 Å². The summed E-state index contributed by atoms with van der Waals surface area (Å²) in [5, 5.41) is 3.54. The summed E-state index contributed by atoms with van der Waals surface area (Å²) in [7, 11) is 0. The minimum absolute atomic E-state index is 0.0963. The van der Waals surface area contributed by atoms with Crippen molar-refractivity contribution in [1.29, 1.82) is 0 Å². The molecule has 1 unspecified atom stereocenters. The van der Waals surface area contributed by atoms with E-state index < -0.39 is 0 Å². The quantitative estimate of drug-likeness (QED) is 0.814. The standard InChI is InChI=1S/C13H17Cl2NO/c1-9(2)12(6-7-14)16-13(17)10-4-3-5-11(15)8-10/h3-5,8-9,12H,6-7H2,1-2H3,(H,16,17). The van der Waals surface area contributed by atoms with Crippen LogP contribution in [0.5, 0.6) is 0 Å². The molecule has 0 fully saturated rings. The third-order valence-corrected chi connectivity index (χ3v) is 3.08. The lowest BCUT2D eigenvalue weighted by atomic mass is 10.0. The molecular formula is C13H17Cl2NO. The van der Waals surface area contributed by atoms with Crippen molar-refractivity contribution in [2.24, 2.45) is 5.92 Å². The minimum Gasteiger partial charge on any atom is -0.349 e. The second kappa shape index (κ2) is 6.87. The van der Waals surface area contributed by atoms with E-state index in [-0.39, 0.29) is 11.9 Å². The molecule has 0 aliphatic heterocycles. The average Bonchev–Trinajstić information content (AvgIpc) is 2.28. The van der Waals surface area contributed by atoms with E-state index in [0.29, 0.717) is 22.4 Å². The zero-order valence-corrected chi connectivity index (χ0v) is 11.6. The molecule has 0 radical (unpaired) electrons. The fraction of sp³-hybridized carbons (Fsp3) is 0.462. The Morgan fingerprint density at radius 1 is 1.41 bits per heavy atom. The molecule has 1 aromatic carbocycles. The highest BCUT2D eigenvalue weighted by molar-refractivity contribution is 6.30. The highest BCUT2D eigenvalue weighted by Gasteiger charge is 2.16. The Morgan fingerprint density at radius 2 is 2.12 bits per heavy atom. The van der Waals surface area contributed by atoms with Crippen molar-refractivity contribution in [3.05, 3.63) is 34.9 Å². The Kier molecular flexibility index (Phi) is 5.79. The summed E-state index contributed by atoms with van der Waals surface area (Å²) in [6, 6.07) is 7.02. The number of rotatable bonds is 5. The molecule has 2 nitrogen and oxygen atoms in total. The van der Waals surface area contributed by atoms with Gasteiger partial charge in [0.1, 0.15) is 0 Å². The highest BCUT2D eigenvalue weighted by atomic mass is 35.5. The predicted octanol–water partition coefficient (Wildman–Crippen LogP) is 3.72. The van der Waals surface area contributed by atoms with Gasteiger partial charge in [0.05, 0.1) is 0 Å². The summed E-state index contributed by atoms with van der Waals surface area (Å²) in [4.78, 5) is 12.0. The molecule has 1 amide bonds. The first kappa shape index (κ1) is 14.3. The summed E-state index contributed by atoms with van der Waals surface area (Å²) in [6.45, 7) is 4.13. The van der Waals surface area contributed by atoms with E-state index in [1.807, 2.05) is 0 Å². The number of amides is 1. The highest BCUT2D eigenvalue weighted by Crippen LogP contribution is 2.12. The smallest absolute Gasteiger partial charge is 0.251 e. The monoisotopic (exact) mass is 273 g/mol. The van der Waals surface area contributed by atoms with Gasteiger partial charge in [-0.2, -0.15) is 0 Å². The van der Waals surface area contributed by atoms with Crippen LogP contribution in [-0.2, 0) is 0 Å². The van der Waals surface area contributed by atoms with Gasteiger partial charge in [-0.15, -0.1) is 11.6 Å². The molecule has 0 bridgehead atoms. The molecule has 0 aliphatic rings. The van der Waals surface area contributed by atoms with Gasteiger partial charge in [-0.1, -0.05) is 31.5 Å². The number of carbonyl (C=O) groups excluding carboxylic acids is 1. The SMILES string of the molecule is CC(C)C(CCCl)NC(=O)c1cccc(Cl)c1. The summed E-state index contributed by atoms with van der Waals surface area (Å²) in [5.41, 5.74) is 0.581. The first-order valence-corrected chi connectivity index (χ1v) is 6.58. The number of halogens is 2. The number of carbonyl (C=O) groups is 1. The third kappa shape index (κ3) is 4.57. The number of nitrogens with one attached hydrogen (secondary N) is 1. The van der Waals surface area contributed by atoms with Crippen LogP contribution in [0.2, 0.25) is 5.02 Å². The summed E-state index contributed by atoms with van der Waals surface area (Å²) in [5.74, 6) is 0.798. The van der Waals surface area contributed by atoms with E-state index in [4.69, 9.17) is 23.2 Å². The normalized spacial score (nSPS) is 12.5. The van der Waals surface area contributed by atoms with E-state index in [1.165, 1.54) is 0 Å². The molecule has 0 saturated heterocycles. The topological polar surface area (TPSA) is 29.1 Å². The molecule has 17 heavy (non-hydrogen) atoms. The Morgan fingerprint density at radius 3 is 2.65 bits per heavy atom. The molecule has 0 aromatic heterocycles. The molecule has 0 saturated carbocycles. The zero-order valence-electron chi connectivity index (χ0n) is 10.0. The van der Waals surface area contributed by atoms with Crippen LogP contribution in [0.15, 0.2) is 24.3 Å². The third-order valence-electron chi connectivity index (χ3n) is 2.63. The first-order valence-electron chi connectivity index (χ1n) is 5.67. The molecule has 94 valence electrons. The van der Waals surface area contributed by atoms with Crippen molar-refractivity contribution >= 4 is 29.1 Å². The lowest BCUT2D eigenvalue weighted by Crippen LogP contribution is -2.38. The fourth-order valence-electron chi connectivity index (χ4n) is 1.57. The second-order valence-electron chi connectivity index (χ2n) is 4.31. The Labute approximate surface area is 112 Å². The van der Waals surface area contributed by atoms with Crippen LogP contribution < -0.4 is 5.32 Å². The molecule has 0 aliphatic carbocycles. The molecule has 1 rings (SSSR count). The summed E-state index contributed by atoms with van der Waals surface area (Å²) < 4.78 is 0. The van der Waals surface area contributed by atoms with Crippen LogP contribution in [0.1, 0.15) is 30.6 Å². The van der Waals surface area contributed by atoms with E-state index in [9.17, 15) is 4.79 Å².